The van der Waals surface area contributed by atoms with Crippen LogP contribution in [0.2, 0.25) is 5.02 Å². The third-order valence-electron chi connectivity index (χ3n) is 2.05. The average molecular weight is 300 g/mol. The van der Waals surface area contributed by atoms with Crippen molar-refractivity contribution >= 4 is 33.4 Å². The average Bonchev–Trinajstić information content (AvgIpc) is 2.64. The zero-order valence-electron chi connectivity index (χ0n) is 8.11. The van der Waals surface area contributed by atoms with Gasteiger partial charge in [-0.15, -0.1) is 0 Å². The minimum atomic E-state index is -0.0378. The van der Waals surface area contributed by atoms with Crippen molar-refractivity contribution in [3.05, 3.63) is 45.7 Å². The standard InChI is InChI=1S/C10H8BrClN4/c11-6-4-15-16(5-6)9-2-1-7(12)3-8(9)10(13)14/h1-5H,(H3,13,14). The van der Waals surface area contributed by atoms with Gasteiger partial charge in [0.1, 0.15) is 5.84 Å². The van der Waals surface area contributed by atoms with Gasteiger partial charge in [-0.05, 0) is 34.1 Å². The molecule has 2 rings (SSSR count). The molecule has 0 amide bonds. The van der Waals surface area contributed by atoms with Gasteiger partial charge < -0.3 is 5.73 Å². The van der Waals surface area contributed by atoms with Crippen LogP contribution in [-0.4, -0.2) is 15.6 Å². The molecule has 0 saturated carbocycles. The molecule has 2 aromatic rings. The molecule has 6 heteroatoms. The van der Waals surface area contributed by atoms with Gasteiger partial charge in [-0.25, -0.2) is 4.68 Å². The van der Waals surface area contributed by atoms with E-state index in [2.05, 4.69) is 21.0 Å². The summed E-state index contributed by atoms with van der Waals surface area (Å²) in [5, 5.41) is 12.2. The summed E-state index contributed by atoms with van der Waals surface area (Å²) >= 11 is 9.17. The van der Waals surface area contributed by atoms with E-state index in [0.717, 1.165) is 10.2 Å². The Balaban J connectivity index is 2.60. The largest absolute Gasteiger partial charge is 0.384 e. The molecular weight excluding hydrogens is 291 g/mol. The summed E-state index contributed by atoms with van der Waals surface area (Å²) in [5.74, 6) is -0.0378. The lowest BCUT2D eigenvalue weighted by molar-refractivity contribution is 0.878. The van der Waals surface area contributed by atoms with Crippen LogP contribution in [0, 0.1) is 5.41 Å². The fourth-order valence-corrected chi connectivity index (χ4v) is 1.81. The molecule has 4 nitrogen and oxygen atoms in total. The van der Waals surface area contributed by atoms with Gasteiger partial charge in [0.2, 0.25) is 0 Å². The smallest absolute Gasteiger partial charge is 0.125 e. The highest BCUT2D eigenvalue weighted by atomic mass is 79.9. The van der Waals surface area contributed by atoms with Crippen LogP contribution >= 0.6 is 27.5 Å². The molecule has 0 atom stereocenters. The first kappa shape index (κ1) is 11.2. The van der Waals surface area contributed by atoms with E-state index in [1.54, 1.807) is 35.3 Å². The third-order valence-corrected chi connectivity index (χ3v) is 2.69. The Morgan fingerprint density at radius 3 is 2.81 bits per heavy atom. The lowest BCUT2D eigenvalue weighted by Crippen LogP contribution is -2.14. The Labute approximate surface area is 106 Å². The summed E-state index contributed by atoms with van der Waals surface area (Å²) in [6.45, 7) is 0. The molecular formula is C10H8BrClN4. The van der Waals surface area contributed by atoms with E-state index in [1.807, 2.05) is 0 Å². The molecule has 0 unspecified atom stereocenters. The minimum absolute atomic E-state index is 0.0378. The lowest BCUT2D eigenvalue weighted by atomic mass is 10.1. The number of hydrogen-bond acceptors (Lipinski definition) is 2. The van der Waals surface area contributed by atoms with Crippen LogP contribution in [-0.2, 0) is 0 Å². The van der Waals surface area contributed by atoms with E-state index in [1.165, 1.54) is 0 Å². The number of benzene rings is 1. The third kappa shape index (κ3) is 2.10. The molecule has 16 heavy (non-hydrogen) atoms. The van der Waals surface area contributed by atoms with Crippen molar-refractivity contribution in [2.45, 2.75) is 0 Å². The number of nitrogen functional groups attached to an aromatic ring is 1. The zero-order chi connectivity index (χ0) is 11.7. The van der Waals surface area contributed by atoms with Gasteiger partial charge in [0.15, 0.2) is 0 Å². The number of rotatable bonds is 2. The van der Waals surface area contributed by atoms with E-state index in [9.17, 15) is 0 Å². The molecule has 0 aliphatic rings. The molecule has 0 radical (unpaired) electrons. The van der Waals surface area contributed by atoms with Crippen LogP contribution in [0.5, 0.6) is 0 Å². The van der Waals surface area contributed by atoms with Gasteiger partial charge in [0.25, 0.3) is 0 Å². The highest BCUT2D eigenvalue weighted by Gasteiger charge is 2.09. The maximum atomic E-state index is 7.50. The molecule has 0 aliphatic carbocycles. The monoisotopic (exact) mass is 298 g/mol. The van der Waals surface area contributed by atoms with Gasteiger partial charge >= 0.3 is 0 Å². The topological polar surface area (TPSA) is 67.7 Å². The van der Waals surface area contributed by atoms with Crippen molar-refractivity contribution in [2.75, 3.05) is 0 Å². The zero-order valence-corrected chi connectivity index (χ0v) is 10.5. The molecule has 0 aliphatic heterocycles. The molecule has 1 aromatic heterocycles. The Bertz CT molecular complexity index is 550. The van der Waals surface area contributed by atoms with E-state index in [4.69, 9.17) is 22.7 Å². The highest BCUT2D eigenvalue weighted by Crippen LogP contribution is 2.20. The number of hydrogen-bond donors (Lipinski definition) is 2. The molecule has 0 bridgehead atoms. The first-order chi connectivity index (χ1) is 7.58. The fraction of sp³-hybridized carbons (Fsp3) is 0. The van der Waals surface area contributed by atoms with Gasteiger partial charge in [-0.3, -0.25) is 5.41 Å². The summed E-state index contributed by atoms with van der Waals surface area (Å²) in [4.78, 5) is 0. The quantitative estimate of drug-likeness (QED) is 0.661. The highest BCUT2D eigenvalue weighted by molar-refractivity contribution is 9.10. The Morgan fingerprint density at radius 1 is 1.50 bits per heavy atom. The maximum Gasteiger partial charge on any atom is 0.125 e. The van der Waals surface area contributed by atoms with Crippen LogP contribution in [0.3, 0.4) is 0 Å². The summed E-state index contributed by atoms with van der Waals surface area (Å²) in [6, 6.07) is 5.16. The Hall–Kier alpha value is -1.33. The summed E-state index contributed by atoms with van der Waals surface area (Å²) in [6.07, 6.45) is 3.45. The molecule has 1 aromatic carbocycles. The second-order valence-corrected chi connectivity index (χ2v) is 4.53. The Morgan fingerprint density at radius 2 is 2.25 bits per heavy atom. The first-order valence-corrected chi connectivity index (χ1v) is 5.59. The number of nitrogens with one attached hydrogen (secondary N) is 1. The molecule has 0 saturated heterocycles. The number of nitrogens with two attached hydrogens (primary N) is 1. The molecule has 3 N–H and O–H groups in total. The lowest BCUT2D eigenvalue weighted by Gasteiger charge is -2.08. The number of amidine groups is 1. The molecule has 0 spiro atoms. The Kier molecular flexibility index (Phi) is 2.98. The van der Waals surface area contributed by atoms with Gasteiger partial charge in [0, 0.05) is 16.8 Å². The van der Waals surface area contributed by atoms with Crippen LogP contribution in [0.1, 0.15) is 5.56 Å². The van der Waals surface area contributed by atoms with Crippen LogP contribution < -0.4 is 5.73 Å². The number of aromatic nitrogens is 2. The van der Waals surface area contributed by atoms with Crippen molar-refractivity contribution in [3.8, 4) is 5.69 Å². The van der Waals surface area contributed by atoms with E-state index in [-0.39, 0.29) is 5.84 Å². The van der Waals surface area contributed by atoms with Gasteiger partial charge in [-0.2, -0.15) is 5.10 Å². The maximum absolute atomic E-state index is 7.50. The summed E-state index contributed by atoms with van der Waals surface area (Å²) in [5.41, 5.74) is 6.78. The molecule has 82 valence electrons. The van der Waals surface area contributed by atoms with Crippen molar-refractivity contribution in [1.82, 2.24) is 9.78 Å². The van der Waals surface area contributed by atoms with E-state index < -0.39 is 0 Å². The SMILES string of the molecule is N=C(N)c1cc(Cl)ccc1-n1cc(Br)cn1. The van der Waals surface area contributed by atoms with Crippen molar-refractivity contribution in [3.63, 3.8) is 0 Å². The second-order valence-electron chi connectivity index (χ2n) is 3.18. The van der Waals surface area contributed by atoms with Crippen molar-refractivity contribution in [2.24, 2.45) is 5.73 Å². The predicted molar refractivity (Wildman–Crippen MR) is 67.3 cm³/mol. The van der Waals surface area contributed by atoms with Crippen LogP contribution in [0.15, 0.2) is 35.1 Å². The second kappa shape index (κ2) is 4.27. The summed E-state index contributed by atoms with van der Waals surface area (Å²) < 4.78 is 2.49. The van der Waals surface area contributed by atoms with Crippen LogP contribution in [0.4, 0.5) is 0 Å². The fourth-order valence-electron chi connectivity index (χ4n) is 1.36. The van der Waals surface area contributed by atoms with E-state index in [0.29, 0.717) is 10.6 Å². The predicted octanol–water partition coefficient (Wildman–Crippen LogP) is 2.57. The number of nitrogens with zero attached hydrogens (tertiary/aromatic N) is 2. The normalized spacial score (nSPS) is 10.4. The molecule has 1 heterocycles. The first-order valence-electron chi connectivity index (χ1n) is 4.42. The van der Waals surface area contributed by atoms with Gasteiger partial charge in [-0.1, -0.05) is 11.6 Å². The van der Waals surface area contributed by atoms with Crippen LogP contribution in [0.25, 0.3) is 5.69 Å². The van der Waals surface area contributed by atoms with Gasteiger partial charge in [0.05, 0.1) is 16.4 Å². The van der Waals surface area contributed by atoms with E-state index >= 15 is 0 Å². The minimum Gasteiger partial charge on any atom is -0.384 e. The molecule has 0 fully saturated rings. The van der Waals surface area contributed by atoms with Crippen molar-refractivity contribution in [1.29, 1.82) is 5.41 Å². The van der Waals surface area contributed by atoms with Crippen molar-refractivity contribution < 1.29 is 0 Å². The summed E-state index contributed by atoms with van der Waals surface area (Å²) in [7, 11) is 0. The number of halogens is 2.